The van der Waals surface area contributed by atoms with Crippen LogP contribution in [0.15, 0.2) is 109 Å². The highest BCUT2D eigenvalue weighted by molar-refractivity contribution is 5.73. The first-order valence-corrected chi connectivity index (χ1v) is 10.3. The maximum Gasteiger partial charge on any atom is 0.164 e. The van der Waals surface area contributed by atoms with E-state index in [1.807, 2.05) is 66.7 Å². The molecule has 0 radical (unpaired) electrons. The van der Waals surface area contributed by atoms with Crippen molar-refractivity contribution in [3.8, 4) is 45.3 Å². The Hall–Kier alpha value is -4.11. The number of aromatic nitrogens is 3. The van der Waals surface area contributed by atoms with Crippen LogP contribution in [0.1, 0.15) is 5.56 Å². The molecule has 4 aromatic carbocycles. The minimum Gasteiger partial charge on any atom is -0.208 e. The minimum absolute atomic E-state index is 0.673. The molecule has 0 amide bonds. The fourth-order valence-electron chi connectivity index (χ4n) is 3.65. The predicted molar refractivity (Wildman–Crippen MR) is 126 cm³/mol. The third-order valence-electron chi connectivity index (χ3n) is 5.14. The summed E-state index contributed by atoms with van der Waals surface area (Å²) in [5, 5.41) is 0. The number of nitrogens with zero attached hydrogens (tertiary/aromatic N) is 3. The lowest BCUT2D eigenvalue weighted by Gasteiger charge is -2.10. The molecule has 148 valence electrons. The van der Waals surface area contributed by atoms with Gasteiger partial charge in [0.1, 0.15) is 0 Å². The van der Waals surface area contributed by atoms with Gasteiger partial charge in [0.25, 0.3) is 0 Å². The van der Waals surface area contributed by atoms with Gasteiger partial charge in [0.15, 0.2) is 17.5 Å². The lowest BCUT2D eigenvalue weighted by Crippen LogP contribution is -2.00. The Morgan fingerprint density at radius 3 is 1.26 bits per heavy atom. The molecule has 0 N–H and O–H groups in total. The van der Waals surface area contributed by atoms with E-state index < -0.39 is 0 Å². The molecule has 5 rings (SSSR count). The molecular weight excluding hydrogens is 378 g/mol. The number of benzene rings is 4. The molecule has 0 aliphatic rings. The fraction of sp³-hybridized carbons (Fsp3) is 0.0357. The summed E-state index contributed by atoms with van der Waals surface area (Å²) in [7, 11) is 0. The quantitative estimate of drug-likeness (QED) is 0.332. The molecule has 5 aromatic rings. The minimum atomic E-state index is 0.673. The Morgan fingerprint density at radius 2 is 0.774 bits per heavy atom. The van der Waals surface area contributed by atoms with E-state index in [-0.39, 0.29) is 0 Å². The highest BCUT2D eigenvalue weighted by Crippen LogP contribution is 2.29. The Balaban J connectivity index is 1.70. The van der Waals surface area contributed by atoms with Crippen LogP contribution in [-0.4, -0.2) is 15.0 Å². The first kappa shape index (κ1) is 18.9. The number of aryl methyl sites for hydroxylation is 1. The molecule has 1 heterocycles. The van der Waals surface area contributed by atoms with Gasteiger partial charge in [-0.15, -0.1) is 0 Å². The number of hydrogen-bond acceptors (Lipinski definition) is 3. The van der Waals surface area contributed by atoms with Crippen molar-refractivity contribution >= 4 is 0 Å². The van der Waals surface area contributed by atoms with Crippen LogP contribution < -0.4 is 0 Å². The monoisotopic (exact) mass is 399 g/mol. The molecule has 0 bridgehead atoms. The first-order chi connectivity index (χ1) is 15.3. The SMILES string of the molecule is Cc1cc(-c2ccccc2)cc(-c2nc(-c3ccccc3)nc(-c3ccccc3)n2)c1. The maximum absolute atomic E-state index is 4.85. The number of rotatable bonds is 4. The van der Waals surface area contributed by atoms with Crippen molar-refractivity contribution in [1.82, 2.24) is 15.0 Å². The van der Waals surface area contributed by atoms with Gasteiger partial charge in [-0.3, -0.25) is 0 Å². The van der Waals surface area contributed by atoms with E-state index in [4.69, 9.17) is 15.0 Å². The smallest absolute Gasteiger partial charge is 0.164 e. The summed E-state index contributed by atoms with van der Waals surface area (Å²) in [5.74, 6) is 2.02. The molecule has 0 spiro atoms. The van der Waals surface area contributed by atoms with Gasteiger partial charge in [-0.2, -0.15) is 0 Å². The second-order valence-electron chi connectivity index (χ2n) is 7.49. The zero-order chi connectivity index (χ0) is 21.0. The van der Waals surface area contributed by atoms with Crippen LogP contribution in [0.25, 0.3) is 45.3 Å². The highest BCUT2D eigenvalue weighted by Gasteiger charge is 2.13. The van der Waals surface area contributed by atoms with Crippen molar-refractivity contribution in [3.63, 3.8) is 0 Å². The molecule has 3 nitrogen and oxygen atoms in total. The lowest BCUT2D eigenvalue weighted by atomic mass is 10.00. The number of hydrogen-bond donors (Lipinski definition) is 0. The van der Waals surface area contributed by atoms with Crippen molar-refractivity contribution in [2.24, 2.45) is 0 Å². The van der Waals surface area contributed by atoms with E-state index in [0.717, 1.165) is 22.3 Å². The van der Waals surface area contributed by atoms with E-state index in [2.05, 4.69) is 49.4 Å². The first-order valence-electron chi connectivity index (χ1n) is 10.3. The fourth-order valence-corrected chi connectivity index (χ4v) is 3.65. The maximum atomic E-state index is 4.85. The third kappa shape index (κ3) is 4.12. The summed E-state index contributed by atoms with van der Waals surface area (Å²) in [6.07, 6.45) is 0. The average Bonchev–Trinajstić information content (AvgIpc) is 2.85. The molecule has 0 fully saturated rings. The molecule has 0 aliphatic carbocycles. The van der Waals surface area contributed by atoms with Crippen LogP contribution in [0, 0.1) is 6.92 Å². The van der Waals surface area contributed by atoms with E-state index in [9.17, 15) is 0 Å². The molecule has 3 heteroatoms. The summed E-state index contributed by atoms with van der Waals surface area (Å²) in [5.41, 5.74) is 6.42. The Morgan fingerprint density at radius 1 is 0.387 bits per heavy atom. The van der Waals surface area contributed by atoms with E-state index in [1.54, 1.807) is 0 Å². The molecule has 0 saturated carbocycles. The zero-order valence-electron chi connectivity index (χ0n) is 17.2. The summed E-state index contributed by atoms with van der Waals surface area (Å²) >= 11 is 0. The molecule has 0 aliphatic heterocycles. The molecule has 0 saturated heterocycles. The molecule has 0 atom stereocenters. The molecule has 31 heavy (non-hydrogen) atoms. The van der Waals surface area contributed by atoms with Gasteiger partial charge in [0.2, 0.25) is 0 Å². The van der Waals surface area contributed by atoms with Crippen LogP contribution in [0.2, 0.25) is 0 Å². The van der Waals surface area contributed by atoms with Gasteiger partial charge < -0.3 is 0 Å². The van der Waals surface area contributed by atoms with Crippen molar-refractivity contribution in [2.75, 3.05) is 0 Å². The van der Waals surface area contributed by atoms with Crippen molar-refractivity contribution < 1.29 is 0 Å². The second-order valence-corrected chi connectivity index (χ2v) is 7.49. The van der Waals surface area contributed by atoms with Gasteiger partial charge in [0, 0.05) is 16.7 Å². The summed E-state index contributed by atoms with van der Waals surface area (Å²) in [6, 6.07) is 37.0. The van der Waals surface area contributed by atoms with Gasteiger partial charge >= 0.3 is 0 Å². The van der Waals surface area contributed by atoms with Crippen LogP contribution in [0.3, 0.4) is 0 Å². The highest BCUT2D eigenvalue weighted by atomic mass is 15.0. The van der Waals surface area contributed by atoms with Crippen LogP contribution in [0.5, 0.6) is 0 Å². The normalized spacial score (nSPS) is 10.7. The van der Waals surface area contributed by atoms with Gasteiger partial charge in [-0.1, -0.05) is 97.1 Å². The van der Waals surface area contributed by atoms with Crippen molar-refractivity contribution in [3.05, 3.63) is 115 Å². The van der Waals surface area contributed by atoms with Crippen LogP contribution in [-0.2, 0) is 0 Å². The Labute approximate surface area is 182 Å². The topological polar surface area (TPSA) is 38.7 Å². The van der Waals surface area contributed by atoms with Gasteiger partial charge in [-0.25, -0.2) is 15.0 Å². The largest absolute Gasteiger partial charge is 0.208 e. The molecule has 1 aromatic heterocycles. The summed E-state index contributed by atoms with van der Waals surface area (Å²) in [6.45, 7) is 2.10. The summed E-state index contributed by atoms with van der Waals surface area (Å²) < 4.78 is 0. The third-order valence-corrected chi connectivity index (χ3v) is 5.14. The summed E-state index contributed by atoms with van der Waals surface area (Å²) in [4.78, 5) is 14.5. The Bertz CT molecular complexity index is 1260. The average molecular weight is 399 g/mol. The molecule has 0 unspecified atom stereocenters. The standard InChI is InChI=1S/C28H21N3/c1-20-17-24(21-11-5-2-6-12-21)19-25(18-20)28-30-26(22-13-7-3-8-14-22)29-27(31-28)23-15-9-4-10-16-23/h2-19H,1H3. The predicted octanol–water partition coefficient (Wildman–Crippen LogP) is 6.85. The second kappa shape index (κ2) is 8.33. The Kier molecular flexibility index (Phi) is 5.07. The van der Waals surface area contributed by atoms with Gasteiger partial charge in [0.05, 0.1) is 0 Å². The van der Waals surface area contributed by atoms with Gasteiger partial charge in [-0.05, 0) is 35.7 Å². The van der Waals surface area contributed by atoms with Crippen LogP contribution in [0.4, 0.5) is 0 Å². The van der Waals surface area contributed by atoms with E-state index in [0.29, 0.717) is 17.5 Å². The van der Waals surface area contributed by atoms with E-state index in [1.165, 1.54) is 11.1 Å². The van der Waals surface area contributed by atoms with Crippen LogP contribution >= 0.6 is 0 Å². The zero-order valence-corrected chi connectivity index (χ0v) is 17.2. The van der Waals surface area contributed by atoms with Crippen molar-refractivity contribution in [1.29, 1.82) is 0 Å². The van der Waals surface area contributed by atoms with Crippen molar-refractivity contribution in [2.45, 2.75) is 6.92 Å². The lowest BCUT2D eigenvalue weighted by molar-refractivity contribution is 1.07. The van der Waals surface area contributed by atoms with E-state index >= 15 is 0 Å². The molecular formula is C28H21N3.